The van der Waals surface area contributed by atoms with E-state index in [9.17, 15) is 4.79 Å². The lowest BCUT2D eigenvalue weighted by molar-refractivity contribution is -0.120. The van der Waals surface area contributed by atoms with Crippen LogP contribution in [0, 0.1) is 16.7 Å². The van der Waals surface area contributed by atoms with Crippen molar-refractivity contribution in [3.8, 4) is 6.07 Å². The minimum atomic E-state index is -0.204. The van der Waals surface area contributed by atoms with Gasteiger partial charge in [-0.1, -0.05) is 20.8 Å². The fourth-order valence-corrected chi connectivity index (χ4v) is 1.96. The van der Waals surface area contributed by atoms with Crippen molar-refractivity contribution >= 4 is 11.6 Å². The normalized spacial score (nSPS) is 12.8. The molecule has 1 aromatic rings. The lowest BCUT2D eigenvalue weighted by atomic mass is 9.95. The first-order valence-electron chi connectivity index (χ1n) is 6.74. The zero-order valence-electron chi connectivity index (χ0n) is 12.9. The zero-order valence-corrected chi connectivity index (χ0v) is 12.9. The quantitative estimate of drug-likeness (QED) is 0.917. The molecule has 20 heavy (non-hydrogen) atoms. The molecule has 0 bridgehead atoms. The second-order valence-corrected chi connectivity index (χ2v) is 6.33. The Morgan fingerprint density at radius 3 is 2.35 bits per heavy atom. The second kappa shape index (κ2) is 6.53. The molecule has 4 nitrogen and oxygen atoms in total. The summed E-state index contributed by atoms with van der Waals surface area (Å²) in [6, 6.07) is 8.72. The summed E-state index contributed by atoms with van der Waals surface area (Å²) in [6.07, 6.45) is 0. The molecule has 0 saturated heterocycles. The first kappa shape index (κ1) is 16.2. The first-order valence-corrected chi connectivity index (χ1v) is 6.74. The Hall–Kier alpha value is -1.86. The number of likely N-dealkylation sites (N-methyl/N-ethyl adjacent to an activating group) is 1. The zero-order chi connectivity index (χ0) is 15.3. The number of nitriles is 1. The van der Waals surface area contributed by atoms with Crippen LogP contribution in [-0.4, -0.2) is 30.4 Å². The van der Waals surface area contributed by atoms with Gasteiger partial charge in [0.15, 0.2) is 0 Å². The van der Waals surface area contributed by atoms with E-state index in [2.05, 4.69) is 32.2 Å². The molecular weight excluding hydrogens is 250 g/mol. The summed E-state index contributed by atoms with van der Waals surface area (Å²) in [5.74, 6) is -0.0403. The smallest absolute Gasteiger partial charge is 0.241 e. The maximum absolute atomic E-state index is 12.2. The number of nitrogens with zero attached hydrogens (tertiary/aromatic N) is 2. The maximum Gasteiger partial charge on any atom is 0.241 e. The van der Waals surface area contributed by atoms with Crippen molar-refractivity contribution in [1.29, 1.82) is 5.26 Å². The van der Waals surface area contributed by atoms with Crippen LogP contribution in [-0.2, 0) is 4.79 Å². The summed E-state index contributed by atoms with van der Waals surface area (Å²) < 4.78 is 0. The number of hydrogen-bond acceptors (Lipinski definition) is 3. The molecule has 0 heterocycles. The number of rotatable bonds is 4. The van der Waals surface area contributed by atoms with E-state index in [1.807, 2.05) is 18.9 Å². The van der Waals surface area contributed by atoms with Crippen LogP contribution in [0.5, 0.6) is 0 Å². The van der Waals surface area contributed by atoms with E-state index in [1.54, 1.807) is 24.3 Å². The Morgan fingerprint density at radius 1 is 1.35 bits per heavy atom. The Kier molecular flexibility index (Phi) is 5.29. The molecule has 1 amide bonds. The lowest BCUT2D eigenvalue weighted by Crippen LogP contribution is -2.43. The molecule has 1 aromatic carbocycles. The highest BCUT2D eigenvalue weighted by Crippen LogP contribution is 2.16. The molecule has 1 unspecified atom stereocenters. The van der Waals surface area contributed by atoms with Gasteiger partial charge in [-0.25, -0.2) is 0 Å². The van der Waals surface area contributed by atoms with E-state index in [1.165, 1.54) is 0 Å². The average molecular weight is 273 g/mol. The van der Waals surface area contributed by atoms with Gasteiger partial charge in [-0.3, -0.25) is 9.69 Å². The van der Waals surface area contributed by atoms with E-state index in [-0.39, 0.29) is 17.4 Å². The van der Waals surface area contributed by atoms with Gasteiger partial charge in [0, 0.05) is 12.2 Å². The average Bonchev–Trinajstić information content (AvgIpc) is 2.36. The highest BCUT2D eigenvalue weighted by atomic mass is 16.2. The second-order valence-electron chi connectivity index (χ2n) is 6.33. The predicted molar refractivity (Wildman–Crippen MR) is 81.3 cm³/mol. The van der Waals surface area contributed by atoms with E-state index in [0.717, 1.165) is 6.54 Å². The van der Waals surface area contributed by atoms with Gasteiger partial charge in [0.1, 0.15) is 0 Å². The topological polar surface area (TPSA) is 56.1 Å². The summed E-state index contributed by atoms with van der Waals surface area (Å²) >= 11 is 0. The van der Waals surface area contributed by atoms with Gasteiger partial charge in [-0.15, -0.1) is 0 Å². The number of benzene rings is 1. The molecule has 0 saturated carbocycles. The maximum atomic E-state index is 12.2. The highest BCUT2D eigenvalue weighted by Gasteiger charge is 2.22. The molecular formula is C16H23N3O. The van der Waals surface area contributed by atoms with Crippen LogP contribution in [0.25, 0.3) is 0 Å². The molecule has 1 rings (SSSR count). The molecule has 1 atom stereocenters. The number of amides is 1. The Balaban J connectivity index is 2.63. The molecule has 4 heteroatoms. The molecule has 0 spiro atoms. The van der Waals surface area contributed by atoms with Gasteiger partial charge in [-0.05, 0) is 43.7 Å². The highest BCUT2D eigenvalue weighted by molar-refractivity contribution is 5.94. The minimum absolute atomic E-state index is 0.0403. The van der Waals surface area contributed by atoms with Crippen molar-refractivity contribution in [3.63, 3.8) is 0 Å². The first-order chi connectivity index (χ1) is 9.23. The van der Waals surface area contributed by atoms with Gasteiger partial charge >= 0.3 is 0 Å². The summed E-state index contributed by atoms with van der Waals surface area (Å²) in [7, 11) is 1.95. The molecule has 108 valence electrons. The monoisotopic (exact) mass is 273 g/mol. The van der Waals surface area contributed by atoms with Crippen molar-refractivity contribution < 1.29 is 4.79 Å². The molecule has 0 radical (unpaired) electrons. The van der Waals surface area contributed by atoms with E-state index in [0.29, 0.717) is 11.3 Å². The predicted octanol–water partition coefficient (Wildman–Crippen LogP) is 2.86. The number of nitrogens with one attached hydrogen (secondary N) is 1. The van der Waals surface area contributed by atoms with Gasteiger partial charge in [0.2, 0.25) is 5.91 Å². The van der Waals surface area contributed by atoms with Crippen molar-refractivity contribution in [2.75, 3.05) is 18.9 Å². The van der Waals surface area contributed by atoms with E-state index in [4.69, 9.17) is 5.26 Å². The lowest BCUT2D eigenvalue weighted by Gasteiger charge is -2.30. The largest absolute Gasteiger partial charge is 0.325 e. The van der Waals surface area contributed by atoms with Crippen LogP contribution < -0.4 is 5.32 Å². The number of carbonyl (C=O) groups is 1. The van der Waals surface area contributed by atoms with E-state index < -0.39 is 0 Å². The molecule has 1 N–H and O–H groups in total. The SMILES string of the molecule is CC(C(=O)Nc1ccc(C#N)cc1)N(C)CC(C)(C)C. The minimum Gasteiger partial charge on any atom is -0.325 e. The van der Waals surface area contributed by atoms with Crippen molar-refractivity contribution in [2.24, 2.45) is 5.41 Å². The van der Waals surface area contributed by atoms with Gasteiger partial charge < -0.3 is 5.32 Å². The molecule has 0 aliphatic rings. The molecule has 0 fully saturated rings. The van der Waals surface area contributed by atoms with Crippen molar-refractivity contribution in [2.45, 2.75) is 33.7 Å². The standard InChI is InChI=1S/C16H23N3O/c1-12(19(5)11-16(2,3)4)15(20)18-14-8-6-13(10-17)7-9-14/h6-9,12H,11H2,1-5H3,(H,18,20). The molecule has 0 aliphatic carbocycles. The summed E-state index contributed by atoms with van der Waals surface area (Å²) in [6.45, 7) is 9.18. The fourth-order valence-electron chi connectivity index (χ4n) is 1.96. The third-order valence-electron chi connectivity index (χ3n) is 3.05. The van der Waals surface area contributed by atoms with Crippen LogP contribution in [0.3, 0.4) is 0 Å². The van der Waals surface area contributed by atoms with Gasteiger partial charge in [0.25, 0.3) is 0 Å². The summed E-state index contributed by atoms with van der Waals surface area (Å²) in [4.78, 5) is 14.2. The Bertz CT molecular complexity index is 494. The van der Waals surface area contributed by atoms with Gasteiger partial charge in [0.05, 0.1) is 17.7 Å². The van der Waals surface area contributed by atoms with Gasteiger partial charge in [-0.2, -0.15) is 5.26 Å². The van der Waals surface area contributed by atoms with Crippen LogP contribution in [0.2, 0.25) is 0 Å². The van der Waals surface area contributed by atoms with Crippen molar-refractivity contribution in [1.82, 2.24) is 4.90 Å². The van der Waals surface area contributed by atoms with Crippen LogP contribution in [0.15, 0.2) is 24.3 Å². The number of hydrogen-bond donors (Lipinski definition) is 1. The van der Waals surface area contributed by atoms with E-state index >= 15 is 0 Å². The number of anilines is 1. The Morgan fingerprint density at radius 2 is 1.90 bits per heavy atom. The fraction of sp³-hybridized carbons (Fsp3) is 0.500. The molecule has 0 aliphatic heterocycles. The third kappa shape index (κ3) is 5.02. The third-order valence-corrected chi connectivity index (χ3v) is 3.05. The number of carbonyl (C=O) groups excluding carboxylic acids is 1. The van der Waals surface area contributed by atoms with Crippen molar-refractivity contribution in [3.05, 3.63) is 29.8 Å². The Labute approximate surface area is 121 Å². The van der Waals surface area contributed by atoms with Crippen LogP contribution in [0.1, 0.15) is 33.3 Å². The van der Waals surface area contributed by atoms with Crippen LogP contribution >= 0.6 is 0 Å². The summed E-state index contributed by atoms with van der Waals surface area (Å²) in [5, 5.41) is 11.6. The summed E-state index contributed by atoms with van der Waals surface area (Å²) in [5.41, 5.74) is 1.45. The van der Waals surface area contributed by atoms with Crippen LogP contribution in [0.4, 0.5) is 5.69 Å². The molecule has 0 aromatic heterocycles.